The summed E-state index contributed by atoms with van der Waals surface area (Å²) < 4.78 is 0. The van der Waals surface area contributed by atoms with Crippen molar-refractivity contribution in [1.82, 2.24) is 0 Å². The predicted octanol–water partition coefficient (Wildman–Crippen LogP) is 4.47. The van der Waals surface area contributed by atoms with Crippen LogP contribution in [0.5, 0.6) is 0 Å². The van der Waals surface area contributed by atoms with E-state index >= 15 is 0 Å². The second kappa shape index (κ2) is 6.29. The first-order valence-electron chi connectivity index (χ1n) is 6.34. The Hall–Kier alpha value is -2.51. The fourth-order valence-electron chi connectivity index (χ4n) is 2.02. The summed E-state index contributed by atoms with van der Waals surface area (Å²) in [4.78, 5) is 12.0. The monoisotopic (exact) mass is 299 g/mol. The molecule has 2 rings (SSSR count). The molecule has 0 aliphatic heterocycles. The number of amides is 2. The third kappa shape index (κ3) is 3.74. The summed E-state index contributed by atoms with van der Waals surface area (Å²) in [5, 5.41) is 14.7. The number of hydrogen-bond acceptors (Lipinski definition) is 2. The van der Waals surface area contributed by atoms with E-state index < -0.39 is 6.03 Å². The van der Waals surface area contributed by atoms with E-state index in [2.05, 4.69) is 10.6 Å². The maximum Gasteiger partial charge on any atom is 0.323 e. The van der Waals surface area contributed by atoms with Gasteiger partial charge in [0.2, 0.25) is 0 Å². The Morgan fingerprint density at radius 3 is 2.62 bits per heavy atom. The van der Waals surface area contributed by atoms with Gasteiger partial charge < -0.3 is 10.6 Å². The Morgan fingerprint density at radius 1 is 1.19 bits per heavy atom. The molecule has 2 N–H and O–H groups in total. The van der Waals surface area contributed by atoms with E-state index in [9.17, 15) is 4.79 Å². The van der Waals surface area contributed by atoms with Crippen LogP contribution in [0.1, 0.15) is 16.7 Å². The molecule has 0 bridgehead atoms. The van der Waals surface area contributed by atoms with E-state index in [-0.39, 0.29) is 0 Å². The van der Waals surface area contributed by atoms with Crippen LogP contribution in [-0.4, -0.2) is 6.03 Å². The quantitative estimate of drug-likeness (QED) is 0.859. The number of urea groups is 1. The van der Waals surface area contributed by atoms with Gasteiger partial charge in [-0.1, -0.05) is 23.7 Å². The number of nitrogens with one attached hydrogen (secondary N) is 2. The zero-order valence-electron chi connectivity index (χ0n) is 11.7. The SMILES string of the molecule is Cc1cc(C)c(NC(=O)Nc2cccc(C#N)c2)c(Cl)c1. The maximum atomic E-state index is 12.0. The molecule has 21 heavy (non-hydrogen) atoms. The van der Waals surface area contributed by atoms with Crippen LogP contribution in [0, 0.1) is 25.2 Å². The van der Waals surface area contributed by atoms with Crippen molar-refractivity contribution >= 4 is 29.0 Å². The molecule has 0 saturated carbocycles. The molecule has 0 aliphatic rings. The minimum absolute atomic E-state index is 0.404. The van der Waals surface area contributed by atoms with Crippen molar-refractivity contribution in [2.75, 3.05) is 10.6 Å². The first kappa shape index (κ1) is 14.9. The van der Waals surface area contributed by atoms with Gasteiger partial charge in [0.1, 0.15) is 0 Å². The van der Waals surface area contributed by atoms with Gasteiger partial charge in [-0.2, -0.15) is 5.26 Å². The summed E-state index contributed by atoms with van der Waals surface area (Å²) in [7, 11) is 0. The number of halogens is 1. The molecule has 0 fully saturated rings. The lowest BCUT2D eigenvalue weighted by Gasteiger charge is -2.12. The van der Waals surface area contributed by atoms with E-state index in [1.165, 1.54) is 0 Å². The van der Waals surface area contributed by atoms with Gasteiger partial charge in [0.15, 0.2) is 0 Å². The number of benzene rings is 2. The Bertz CT molecular complexity index is 712. The van der Waals surface area contributed by atoms with Gasteiger partial charge in [-0.3, -0.25) is 0 Å². The number of anilines is 2. The van der Waals surface area contributed by atoms with Crippen LogP contribution in [-0.2, 0) is 0 Å². The Balaban J connectivity index is 2.14. The molecular formula is C16H14ClN3O. The molecule has 0 aromatic heterocycles. The lowest BCUT2D eigenvalue weighted by molar-refractivity contribution is 0.262. The third-order valence-electron chi connectivity index (χ3n) is 2.92. The largest absolute Gasteiger partial charge is 0.323 e. The van der Waals surface area contributed by atoms with Gasteiger partial charge >= 0.3 is 6.03 Å². The second-order valence-corrected chi connectivity index (χ2v) is 5.12. The smallest absolute Gasteiger partial charge is 0.308 e. The molecule has 2 aromatic rings. The van der Waals surface area contributed by atoms with Gasteiger partial charge in [-0.25, -0.2) is 4.79 Å². The molecule has 106 valence electrons. The van der Waals surface area contributed by atoms with Gasteiger partial charge in [0.25, 0.3) is 0 Å². The van der Waals surface area contributed by atoms with Crippen LogP contribution < -0.4 is 10.6 Å². The van der Waals surface area contributed by atoms with Crippen LogP contribution in [0.3, 0.4) is 0 Å². The van der Waals surface area contributed by atoms with Crippen molar-refractivity contribution in [2.45, 2.75) is 13.8 Å². The minimum Gasteiger partial charge on any atom is -0.308 e. The molecule has 0 aliphatic carbocycles. The van der Waals surface area contributed by atoms with E-state index in [4.69, 9.17) is 16.9 Å². The third-order valence-corrected chi connectivity index (χ3v) is 3.22. The number of hydrogen-bond donors (Lipinski definition) is 2. The van der Waals surface area contributed by atoms with Crippen LogP contribution in [0.4, 0.5) is 16.2 Å². The van der Waals surface area contributed by atoms with E-state index in [1.807, 2.05) is 26.0 Å². The Labute approximate surface area is 128 Å². The Morgan fingerprint density at radius 2 is 1.95 bits per heavy atom. The number of nitriles is 1. The van der Waals surface area contributed by atoms with E-state index in [1.54, 1.807) is 30.3 Å². The summed E-state index contributed by atoms with van der Waals surface area (Å²) in [6, 6.07) is 12.0. The van der Waals surface area contributed by atoms with Crippen molar-refractivity contribution < 1.29 is 4.79 Å². The summed E-state index contributed by atoms with van der Waals surface area (Å²) in [5.74, 6) is 0. The topological polar surface area (TPSA) is 64.9 Å². The van der Waals surface area contributed by atoms with Crippen molar-refractivity contribution in [3.63, 3.8) is 0 Å². The fraction of sp³-hybridized carbons (Fsp3) is 0.125. The number of carbonyl (C=O) groups excluding carboxylic acids is 1. The summed E-state index contributed by atoms with van der Waals surface area (Å²) in [5.41, 5.74) is 3.53. The minimum atomic E-state index is -0.404. The van der Waals surface area contributed by atoms with Crippen molar-refractivity contribution in [3.8, 4) is 6.07 Å². The van der Waals surface area contributed by atoms with Crippen molar-refractivity contribution in [1.29, 1.82) is 5.26 Å². The summed E-state index contributed by atoms with van der Waals surface area (Å²) >= 11 is 6.14. The molecule has 0 heterocycles. The predicted molar refractivity (Wildman–Crippen MR) is 84.7 cm³/mol. The Kier molecular flexibility index (Phi) is 4.46. The highest BCUT2D eigenvalue weighted by Gasteiger charge is 2.09. The average molecular weight is 300 g/mol. The second-order valence-electron chi connectivity index (χ2n) is 4.71. The number of rotatable bonds is 2. The highest BCUT2D eigenvalue weighted by molar-refractivity contribution is 6.34. The number of nitrogens with zero attached hydrogens (tertiary/aromatic N) is 1. The lowest BCUT2D eigenvalue weighted by atomic mass is 10.1. The van der Waals surface area contributed by atoms with Crippen molar-refractivity contribution in [3.05, 3.63) is 58.1 Å². The molecule has 5 heteroatoms. The van der Waals surface area contributed by atoms with E-state index in [0.717, 1.165) is 11.1 Å². The fourth-order valence-corrected chi connectivity index (χ4v) is 2.38. The molecule has 2 aromatic carbocycles. The van der Waals surface area contributed by atoms with Gasteiger partial charge in [0.05, 0.1) is 22.3 Å². The molecule has 0 unspecified atom stereocenters. The van der Waals surface area contributed by atoms with Gasteiger partial charge in [-0.15, -0.1) is 0 Å². The van der Waals surface area contributed by atoms with Crippen molar-refractivity contribution in [2.24, 2.45) is 0 Å². The zero-order valence-corrected chi connectivity index (χ0v) is 12.5. The average Bonchev–Trinajstić information content (AvgIpc) is 2.43. The number of aryl methyl sites for hydroxylation is 2. The normalized spacial score (nSPS) is 9.81. The van der Waals surface area contributed by atoms with Crippen LogP contribution in [0.2, 0.25) is 5.02 Å². The lowest BCUT2D eigenvalue weighted by Crippen LogP contribution is -2.20. The molecule has 0 spiro atoms. The van der Waals surface area contributed by atoms with E-state index in [0.29, 0.717) is 22.0 Å². The first-order chi connectivity index (χ1) is 9.99. The molecular weight excluding hydrogens is 286 g/mol. The zero-order chi connectivity index (χ0) is 15.4. The van der Waals surface area contributed by atoms with Crippen LogP contribution >= 0.6 is 11.6 Å². The van der Waals surface area contributed by atoms with Crippen LogP contribution in [0.15, 0.2) is 36.4 Å². The molecule has 4 nitrogen and oxygen atoms in total. The number of carbonyl (C=O) groups is 1. The standard InChI is InChI=1S/C16H14ClN3O/c1-10-6-11(2)15(14(17)7-10)20-16(21)19-13-5-3-4-12(8-13)9-18/h3-8H,1-2H3,(H2,19,20,21). The maximum absolute atomic E-state index is 12.0. The molecule has 0 atom stereocenters. The van der Waals surface area contributed by atoms with Gasteiger partial charge in [-0.05, 0) is 49.2 Å². The van der Waals surface area contributed by atoms with Crippen LogP contribution in [0.25, 0.3) is 0 Å². The summed E-state index contributed by atoms with van der Waals surface area (Å²) in [6.45, 7) is 3.82. The summed E-state index contributed by atoms with van der Waals surface area (Å²) in [6.07, 6.45) is 0. The molecule has 2 amide bonds. The molecule has 0 saturated heterocycles. The molecule has 0 radical (unpaired) electrons. The van der Waals surface area contributed by atoms with Gasteiger partial charge in [0, 0.05) is 5.69 Å². The highest BCUT2D eigenvalue weighted by Crippen LogP contribution is 2.27. The highest BCUT2D eigenvalue weighted by atomic mass is 35.5. The first-order valence-corrected chi connectivity index (χ1v) is 6.72.